The monoisotopic (exact) mass is 323 g/mol. The maximum atomic E-state index is 9.75. The number of rotatable bonds is 3. The number of anilines is 2. The van der Waals surface area contributed by atoms with E-state index >= 15 is 0 Å². The lowest BCUT2D eigenvalue weighted by atomic mass is 10.2. The van der Waals surface area contributed by atoms with E-state index in [9.17, 15) is 5.11 Å². The zero-order valence-corrected chi connectivity index (χ0v) is 13.1. The molecule has 0 radical (unpaired) electrons. The summed E-state index contributed by atoms with van der Waals surface area (Å²) in [6.45, 7) is 1.81. The van der Waals surface area contributed by atoms with Crippen LogP contribution in [-0.2, 0) is 0 Å². The molecule has 7 heteroatoms. The summed E-state index contributed by atoms with van der Waals surface area (Å²) >= 11 is 1.54. The summed E-state index contributed by atoms with van der Waals surface area (Å²) < 4.78 is 3.02. The first-order valence-corrected chi connectivity index (χ1v) is 7.83. The Morgan fingerprint density at radius 1 is 1.22 bits per heavy atom. The Morgan fingerprint density at radius 2 is 2.13 bits per heavy atom. The summed E-state index contributed by atoms with van der Waals surface area (Å²) in [6.07, 6.45) is 6.98. The number of hydrogen-bond donors (Lipinski definition) is 2. The third-order valence-electron chi connectivity index (χ3n) is 3.58. The molecule has 6 nitrogen and oxygen atoms in total. The zero-order valence-electron chi connectivity index (χ0n) is 12.3. The number of hydrogen-bond acceptors (Lipinski definition) is 6. The molecule has 0 aliphatic rings. The van der Waals surface area contributed by atoms with Crippen LogP contribution >= 0.6 is 11.3 Å². The van der Waals surface area contributed by atoms with Gasteiger partial charge >= 0.3 is 0 Å². The molecule has 0 bridgehead atoms. The van der Waals surface area contributed by atoms with Crippen molar-refractivity contribution in [3.8, 4) is 11.4 Å². The second-order valence-corrected chi connectivity index (χ2v) is 6.10. The molecule has 1 aromatic carbocycles. The normalized spacial score (nSPS) is 11.0. The molecule has 4 rings (SSSR count). The average molecular weight is 323 g/mol. The molecule has 0 atom stereocenters. The molecule has 23 heavy (non-hydrogen) atoms. The Kier molecular flexibility index (Phi) is 3.20. The first-order valence-electron chi connectivity index (χ1n) is 7.01. The summed E-state index contributed by atoms with van der Waals surface area (Å²) in [4.78, 5) is 12.9. The van der Waals surface area contributed by atoms with Crippen LogP contribution in [0.25, 0.3) is 15.9 Å². The van der Waals surface area contributed by atoms with E-state index in [1.807, 2.05) is 29.8 Å². The maximum absolute atomic E-state index is 9.75. The minimum absolute atomic E-state index is 0.214. The number of aromatic nitrogens is 4. The van der Waals surface area contributed by atoms with Crippen molar-refractivity contribution >= 4 is 32.5 Å². The topological polar surface area (TPSA) is 75.9 Å². The van der Waals surface area contributed by atoms with Crippen LogP contribution in [0.3, 0.4) is 0 Å². The van der Waals surface area contributed by atoms with Crippen LogP contribution in [-0.4, -0.2) is 24.6 Å². The van der Waals surface area contributed by atoms with Crippen molar-refractivity contribution in [2.45, 2.75) is 6.92 Å². The standard InChI is InChI=1S/C16H13N5OS/c1-10-13(22)4-5-18-15(10)20-16-19-12-3-2-11(8-14(12)23-16)21-7-6-17-9-21/h2-9H,1H3,(H2,18,19,20,22). The second-order valence-electron chi connectivity index (χ2n) is 5.07. The molecule has 0 spiro atoms. The fraction of sp³-hybridized carbons (Fsp3) is 0.0625. The average Bonchev–Trinajstić information content (AvgIpc) is 3.20. The van der Waals surface area contributed by atoms with Gasteiger partial charge in [0.2, 0.25) is 0 Å². The molecule has 4 aromatic rings. The van der Waals surface area contributed by atoms with Gasteiger partial charge in [-0.25, -0.2) is 15.0 Å². The van der Waals surface area contributed by atoms with E-state index in [-0.39, 0.29) is 5.75 Å². The number of fused-ring (bicyclic) bond motifs is 1. The van der Waals surface area contributed by atoms with E-state index in [4.69, 9.17) is 0 Å². The summed E-state index contributed by atoms with van der Waals surface area (Å²) in [5.74, 6) is 0.824. The molecule has 0 aliphatic heterocycles. The van der Waals surface area contributed by atoms with Gasteiger partial charge < -0.3 is 15.0 Å². The second kappa shape index (κ2) is 5.36. The quantitative estimate of drug-likeness (QED) is 0.602. The predicted octanol–water partition coefficient (Wildman–Crippen LogP) is 3.63. The molecule has 0 aliphatic carbocycles. The highest BCUT2D eigenvalue weighted by Gasteiger charge is 2.09. The number of nitrogens with one attached hydrogen (secondary N) is 1. The van der Waals surface area contributed by atoms with E-state index in [2.05, 4.69) is 26.3 Å². The van der Waals surface area contributed by atoms with Crippen LogP contribution in [0.1, 0.15) is 5.56 Å². The van der Waals surface area contributed by atoms with Crippen molar-refractivity contribution in [1.82, 2.24) is 19.5 Å². The van der Waals surface area contributed by atoms with Gasteiger partial charge in [-0.05, 0) is 31.2 Å². The molecule has 0 amide bonds. The Hall–Kier alpha value is -2.93. The zero-order chi connectivity index (χ0) is 15.8. The molecular weight excluding hydrogens is 310 g/mol. The van der Waals surface area contributed by atoms with Crippen molar-refractivity contribution in [2.75, 3.05) is 5.32 Å². The summed E-state index contributed by atoms with van der Waals surface area (Å²) in [5, 5.41) is 13.7. The first-order chi connectivity index (χ1) is 11.2. The SMILES string of the molecule is Cc1c(O)ccnc1Nc1nc2ccc(-n3ccnc3)cc2s1. The fourth-order valence-corrected chi connectivity index (χ4v) is 3.19. The lowest BCUT2D eigenvalue weighted by molar-refractivity contribution is 0.470. The van der Waals surface area contributed by atoms with Gasteiger partial charge in [0.05, 0.1) is 16.5 Å². The minimum Gasteiger partial charge on any atom is -0.507 e. The van der Waals surface area contributed by atoms with Gasteiger partial charge in [-0.3, -0.25) is 0 Å². The molecular formula is C16H13N5OS. The van der Waals surface area contributed by atoms with Crippen LogP contribution in [0.4, 0.5) is 10.9 Å². The van der Waals surface area contributed by atoms with Crippen molar-refractivity contribution in [3.63, 3.8) is 0 Å². The van der Waals surface area contributed by atoms with E-state index in [0.717, 1.165) is 21.0 Å². The lowest BCUT2D eigenvalue weighted by Gasteiger charge is -2.05. The number of aromatic hydroxyl groups is 1. The number of benzene rings is 1. The third-order valence-corrected chi connectivity index (χ3v) is 4.51. The fourth-order valence-electron chi connectivity index (χ4n) is 2.29. The van der Waals surface area contributed by atoms with E-state index < -0.39 is 0 Å². The van der Waals surface area contributed by atoms with E-state index in [0.29, 0.717) is 11.4 Å². The molecule has 3 aromatic heterocycles. The van der Waals surface area contributed by atoms with Crippen molar-refractivity contribution < 1.29 is 5.11 Å². The smallest absolute Gasteiger partial charge is 0.189 e. The molecule has 0 unspecified atom stereocenters. The Labute approximate surface area is 136 Å². The van der Waals surface area contributed by atoms with Gasteiger partial charge in [0.25, 0.3) is 0 Å². The Bertz CT molecular complexity index is 977. The van der Waals surface area contributed by atoms with Crippen LogP contribution < -0.4 is 5.32 Å². The number of pyridine rings is 1. The Balaban J connectivity index is 1.70. The van der Waals surface area contributed by atoms with E-state index in [1.165, 1.54) is 0 Å². The van der Waals surface area contributed by atoms with Crippen molar-refractivity contribution in [3.05, 3.63) is 54.7 Å². The van der Waals surface area contributed by atoms with Gasteiger partial charge in [-0.15, -0.1) is 0 Å². The van der Waals surface area contributed by atoms with Crippen LogP contribution in [0.15, 0.2) is 49.2 Å². The third kappa shape index (κ3) is 2.51. The molecule has 2 N–H and O–H groups in total. The highest BCUT2D eigenvalue weighted by Crippen LogP contribution is 2.31. The molecule has 0 saturated carbocycles. The van der Waals surface area contributed by atoms with Crippen molar-refractivity contribution in [1.29, 1.82) is 0 Å². The number of thiazole rings is 1. The molecule has 0 fully saturated rings. The van der Waals surface area contributed by atoms with Crippen LogP contribution in [0.2, 0.25) is 0 Å². The van der Waals surface area contributed by atoms with Crippen molar-refractivity contribution in [2.24, 2.45) is 0 Å². The number of imidazole rings is 1. The van der Waals surface area contributed by atoms with Gasteiger partial charge in [-0.2, -0.15) is 0 Å². The summed E-state index contributed by atoms with van der Waals surface area (Å²) in [6, 6.07) is 7.62. The van der Waals surface area contributed by atoms with E-state index in [1.54, 1.807) is 36.1 Å². The molecule has 3 heterocycles. The van der Waals surface area contributed by atoms with Gasteiger partial charge in [0.1, 0.15) is 11.6 Å². The number of nitrogens with zero attached hydrogens (tertiary/aromatic N) is 4. The first kappa shape index (κ1) is 13.7. The van der Waals surface area contributed by atoms with Crippen LogP contribution in [0.5, 0.6) is 5.75 Å². The van der Waals surface area contributed by atoms with Gasteiger partial charge in [-0.1, -0.05) is 11.3 Å². The largest absolute Gasteiger partial charge is 0.507 e. The molecule has 0 saturated heterocycles. The summed E-state index contributed by atoms with van der Waals surface area (Å²) in [5.41, 5.74) is 2.65. The maximum Gasteiger partial charge on any atom is 0.189 e. The highest BCUT2D eigenvalue weighted by atomic mass is 32.1. The molecule has 114 valence electrons. The predicted molar refractivity (Wildman–Crippen MR) is 90.7 cm³/mol. The lowest BCUT2D eigenvalue weighted by Crippen LogP contribution is -1.95. The minimum atomic E-state index is 0.214. The highest BCUT2D eigenvalue weighted by molar-refractivity contribution is 7.22. The summed E-state index contributed by atoms with van der Waals surface area (Å²) in [7, 11) is 0. The van der Waals surface area contributed by atoms with Gasteiger partial charge in [0.15, 0.2) is 5.13 Å². The Morgan fingerprint density at radius 3 is 2.96 bits per heavy atom. The van der Waals surface area contributed by atoms with Crippen LogP contribution in [0, 0.1) is 6.92 Å². The van der Waals surface area contributed by atoms with Gasteiger partial charge in [0, 0.05) is 29.8 Å².